The predicted octanol–water partition coefficient (Wildman–Crippen LogP) is 3.96. The number of hydrogen-bond donors (Lipinski definition) is 1. The van der Waals surface area contributed by atoms with Crippen molar-refractivity contribution >= 4 is 28.3 Å². The van der Waals surface area contributed by atoms with Crippen molar-refractivity contribution in [2.24, 2.45) is 0 Å². The molecule has 1 atom stereocenters. The van der Waals surface area contributed by atoms with E-state index in [-0.39, 0.29) is 10.7 Å². The zero-order valence-electron chi connectivity index (χ0n) is 11.0. The molecule has 0 aliphatic heterocycles. The Morgan fingerprint density at radius 1 is 1.33 bits per heavy atom. The second-order valence-corrected chi connectivity index (χ2v) is 5.06. The number of aromatic nitrogens is 1. The van der Waals surface area contributed by atoms with Crippen molar-refractivity contribution in [1.82, 2.24) is 10.3 Å². The fourth-order valence-electron chi connectivity index (χ4n) is 2.04. The molecule has 2 rings (SSSR count). The Labute approximate surface area is 124 Å². The minimum atomic E-state index is -4.33. The molecular weight excluding hydrogens is 305 g/mol. The quantitative estimate of drug-likeness (QED) is 0.871. The predicted molar refractivity (Wildman–Crippen MR) is 74.4 cm³/mol. The third-order valence-electron chi connectivity index (χ3n) is 2.91. The van der Waals surface area contributed by atoms with Crippen LogP contribution in [0.2, 0.25) is 5.15 Å². The highest BCUT2D eigenvalue weighted by Crippen LogP contribution is 2.25. The molecule has 1 heterocycles. The molecule has 0 spiro atoms. The summed E-state index contributed by atoms with van der Waals surface area (Å²) in [5, 5.41) is 3.69. The Morgan fingerprint density at radius 2 is 1.95 bits per heavy atom. The molecule has 21 heavy (non-hydrogen) atoms. The Morgan fingerprint density at radius 3 is 2.57 bits per heavy atom. The van der Waals surface area contributed by atoms with Crippen LogP contribution in [-0.4, -0.2) is 23.1 Å². The summed E-state index contributed by atoms with van der Waals surface area (Å²) in [6.07, 6.45) is -4.15. The van der Waals surface area contributed by atoms with Crippen LogP contribution in [0.5, 0.6) is 0 Å². The van der Waals surface area contributed by atoms with Gasteiger partial charge in [0.2, 0.25) is 0 Å². The molecule has 0 radical (unpaired) electrons. The summed E-state index contributed by atoms with van der Waals surface area (Å²) in [6, 6.07) is 5.80. The summed E-state index contributed by atoms with van der Waals surface area (Å²) in [6.45, 7) is 1.30. The zero-order chi connectivity index (χ0) is 15.6. The third kappa shape index (κ3) is 3.85. The van der Waals surface area contributed by atoms with Crippen molar-refractivity contribution in [3.8, 4) is 0 Å². The number of halogens is 4. The molecule has 0 aliphatic carbocycles. The van der Waals surface area contributed by atoms with Gasteiger partial charge in [-0.05, 0) is 12.3 Å². The van der Waals surface area contributed by atoms with Crippen molar-refractivity contribution in [1.29, 1.82) is 0 Å². The molecule has 0 fully saturated rings. The Bertz CT molecular complexity index is 673. The van der Waals surface area contributed by atoms with Crippen molar-refractivity contribution in [2.75, 3.05) is 0 Å². The van der Waals surface area contributed by atoms with Gasteiger partial charge in [-0.3, -0.25) is 4.79 Å². The first-order valence-corrected chi connectivity index (χ1v) is 6.56. The highest BCUT2D eigenvalue weighted by Gasteiger charge is 2.30. The lowest BCUT2D eigenvalue weighted by atomic mass is 10.1. The van der Waals surface area contributed by atoms with E-state index in [0.29, 0.717) is 10.8 Å². The largest absolute Gasteiger partial charge is 0.391 e. The van der Waals surface area contributed by atoms with E-state index in [1.807, 2.05) is 0 Å². The molecule has 112 valence electrons. The van der Waals surface area contributed by atoms with E-state index < -0.39 is 24.5 Å². The van der Waals surface area contributed by atoms with E-state index in [1.165, 1.54) is 13.1 Å². The topological polar surface area (TPSA) is 42.0 Å². The first-order valence-electron chi connectivity index (χ1n) is 6.19. The standard InChI is InChI=1S/C14H12ClF3N2O/c1-8(6-14(16,17)18)20-13(21)11-7-19-12(15)10-5-3-2-4-9(10)11/h2-5,7-8H,6H2,1H3,(H,20,21). The molecule has 0 bridgehead atoms. The van der Waals surface area contributed by atoms with Crippen molar-refractivity contribution in [3.05, 3.63) is 41.2 Å². The normalized spacial score (nSPS) is 13.2. The molecule has 1 unspecified atom stereocenters. The summed E-state index contributed by atoms with van der Waals surface area (Å²) in [5.74, 6) is -0.605. The fraction of sp³-hybridized carbons (Fsp3) is 0.286. The first kappa shape index (κ1) is 15.6. The number of fused-ring (bicyclic) bond motifs is 1. The summed E-state index contributed by atoms with van der Waals surface area (Å²) < 4.78 is 36.9. The van der Waals surface area contributed by atoms with E-state index in [4.69, 9.17) is 11.6 Å². The smallest absolute Gasteiger partial charge is 0.349 e. The minimum absolute atomic E-state index is 0.198. The highest BCUT2D eigenvalue weighted by atomic mass is 35.5. The monoisotopic (exact) mass is 316 g/mol. The number of rotatable bonds is 3. The van der Waals surface area contributed by atoms with Crippen LogP contribution >= 0.6 is 11.6 Å². The molecule has 0 saturated carbocycles. The molecule has 1 amide bonds. The van der Waals surface area contributed by atoms with Gasteiger partial charge in [-0.1, -0.05) is 35.9 Å². The van der Waals surface area contributed by atoms with Gasteiger partial charge in [0, 0.05) is 17.6 Å². The minimum Gasteiger partial charge on any atom is -0.349 e. The second-order valence-electron chi connectivity index (χ2n) is 4.70. The van der Waals surface area contributed by atoms with E-state index in [9.17, 15) is 18.0 Å². The van der Waals surface area contributed by atoms with Gasteiger partial charge in [-0.25, -0.2) is 4.98 Å². The van der Waals surface area contributed by atoms with Crippen molar-refractivity contribution < 1.29 is 18.0 Å². The number of benzene rings is 1. The van der Waals surface area contributed by atoms with E-state index in [0.717, 1.165) is 0 Å². The lowest BCUT2D eigenvalue weighted by Crippen LogP contribution is -2.36. The lowest BCUT2D eigenvalue weighted by Gasteiger charge is -2.16. The number of pyridine rings is 1. The Hall–Kier alpha value is -1.82. The maximum atomic E-state index is 12.3. The van der Waals surface area contributed by atoms with Gasteiger partial charge in [0.05, 0.1) is 12.0 Å². The SMILES string of the molecule is CC(CC(F)(F)F)NC(=O)c1cnc(Cl)c2ccccc12. The van der Waals surface area contributed by atoms with Gasteiger partial charge < -0.3 is 5.32 Å². The van der Waals surface area contributed by atoms with Crippen LogP contribution < -0.4 is 5.32 Å². The van der Waals surface area contributed by atoms with Gasteiger partial charge in [0.25, 0.3) is 5.91 Å². The van der Waals surface area contributed by atoms with Crippen LogP contribution in [0.4, 0.5) is 13.2 Å². The van der Waals surface area contributed by atoms with Crippen molar-refractivity contribution in [2.45, 2.75) is 25.6 Å². The maximum absolute atomic E-state index is 12.3. The van der Waals surface area contributed by atoms with Crippen molar-refractivity contribution in [3.63, 3.8) is 0 Å². The summed E-state index contributed by atoms with van der Waals surface area (Å²) >= 11 is 5.93. The van der Waals surface area contributed by atoms with Crippen LogP contribution in [0.15, 0.2) is 30.5 Å². The first-order chi connectivity index (χ1) is 9.78. The van der Waals surface area contributed by atoms with Gasteiger partial charge in [-0.15, -0.1) is 0 Å². The molecule has 1 N–H and O–H groups in total. The second kappa shape index (κ2) is 5.89. The fourth-order valence-corrected chi connectivity index (χ4v) is 2.25. The van der Waals surface area contributed by atoms with Gasteiger partial charge in [-0.2, -0.15) is 13.2 Å². The molecule has 1 aromatic heterocycles. The number of carbonyl (C=O) groups excluding carboxylic acids is 1. The molecule has 1 aromatic carbocycles. The molecule has 2 aromatic rings. The summed E-state index contributed by atoms with van der Waals surface area (Å²) in [7, 11) is 0. The Kier molecular flexibility index (Phi) is 4.37. The molecule has 0 saturated heterocycles. The van der Waals surface area contributed by atoms with Crippen LogP contribution in [0.3, 0.4) is 0 Å². The van der Waals surface area contributed by atoms with Gasteiger partial charge >= 0.3 is 6.18 Å². The number of carbonyl (C=O) groups is 1. The van der Waals surface area contributed by atoms with Gasteiger partial charge in [0.15, 0.2) is 0 Å². The number of hydrogen-bond acceptors (Lipinski definition) is 2. The summed E-state index contributed by atoms with van der Waals surface area (Å²) in [4.78, 5) is 16.0. The van der Waals surface area contributed by atoms with Crippen LogP contribution in [-0.2, 0) is 0 Å². The van der Waals surface area contributed by atoms with Crippen LogP contribution in [0.1, 0.15) is 23.7 Å². The van der Waals surface area contributed by atoms with Gasteiger partial charge in [0.1, 0.15) is 5.15 Å². The number of nitrogens with zero attached hydrogens (tertiary/aromatic N) is 1. The molecule has 7 heteroatoms. The number of alkyl halides is 3. The molecule has 3 nitrogen and oxygen atoms in total. The van der Waals surface area contributed by atoms with E-state index in [1.54, 1.807) is 24.3 Å². The summed E-state index contributed by atoms with van der Waals surface area (Å²) in [5.41, 5.74) is 0.198. The zero-order valence-corrected chi connectivity index (χ0v) is 11.8. The van der Waals surface area contributed by atoms with E-state index >= 15 is 0 Å². The highest BCUT2D eigenvalue weighted by molar-refractivity contribution is 6.34. The van der Waals surface area contributed by atoms with Crippen LogP contribution in [0.25, 0.3) is 10.8 Å². The maximum Gasteiger partial charge on any atom is 0.391 e. The number of amides is 1. The van der Waals surface area contributed by atoms with E-state index in [2.05, 4.69) is 10.3 Å². The Balaban J connectivity index is 2.26. The average Bonchev–Trinajstić information content (AvgIpc) is 2.37. The average molecular weight is 317 g/mol. The number of nitrogens with one attached hydrogen (secondary N) is 1. The molecular formula is C14H12ClF3N2O. The van der Waals surface area contributed by atoms with Crippen LogP contribution in [0, 0.1) is 0 Å². The molecule has 0 aliphatic rings. The third-order valence-corrected chi connectivity index (χ3v) is 3.21. The lowest BCUT2D eigenvalue weighted by molar-refractivity contribution is -0.138.